The second-order valence-corrected chi connectivity index (χ2v) is 5.58. The number of halogens is 4. The van der Waals surface area contributed by atoms with Crippen molar-refractivity contribution in [1.29, 1.82) is 0 Å². The molecule has 0 aliphatic rings. The van der Waals surface area contributed by atoms with Crippen molar-refractivity contribution in [2.45, 2.75) is 33.1 Å². The van der Waals surface area contributed by atoms with Gasteiger partial charge in [-0.3, -0.25) is 4.99 Å². The summed E-state index contributed by atoms with van der Waals surface area (Å²) in [5.41, 5.74) is 1.72. The van der Waals surface area contributed by atoms with E-state index in [-0.39, 0.29) is 29.7 Å². The summed E-state index contributed by atoms with van der Waals surface area (Å²) >= 11 is 0. The van der Waals surface area contributed by atoms with Crippen LogP contribution in [0.5, 0.6) is 5.75 Å². The van der Waals surface area contributed by atoms with Crippen LogP contribution in [0.25, 0.3) is 0 Å². The van der Waals surface area contributed by atoms with Gasteiger partial charge in [-0.2, -0.15) is 13.2 Å². The van der Waals surface area contributed by atoms with Crippen molar-refractivity contribution < 1.29 is 22.3 Å². The Labute approximate surface area is 172 Å². The number of guanidine groups is 1. The van der Waals surface area contributed by atoms with E-state index in [0.717, 1.165) is 17.0 Å². The fourth-order valence-corrected chi connectivity index (χ4v) is 2.05. The molecule has 0 spiro atoms. The topological polar surface area (TPSA) is 71.7 Å². The number of benzene rings is 1. The molecule has 2 rings (SSSR count). The van der Waals surface area contributed by atoms with Crippen molar-refractivity contribution in [2.75, 3.05) is 13.7 Å². The first kappa shape index (κ1) is 23.1. The summed E-state index contributed by atoms with van der Waals surface area (Å²) in [5.74, 6) is 2.06. The minimum absolute atomic E-state index is 0. The lowest BCUT2D eigenvalue weighted by atomic mass is 10.2. The lowest BCUT2D eigenvalue weighted by Gasteiger charge is -2.12. The third-order valence-electron chi connectivity index (χ3n) is 3.49. The fourth-order valence-electron chi connectivity index (χ4n) is 2.05. The van der Waals surface area contributed by atoms with Gasteiger partial charge in [0.25, 0.3) is 0 Å². The van der Waals surface area contributed by atoms with Crippen molar-refractivity contribution in [3.8, 4) is 5.75 Å². The smallest absolute Gasteiger partial charge is 0.422 e. The highest BCUT2D eigenvalue weighted by Crippen LogP contribution is 2.18. The highest BCUT2D eigenvalue weighted by molar-refractivity contribution is 14.0. The number of oxazole rings is 1. The Morgan fingerprint density at radius 3 is 2.30 bits per heavy atom. The standard InChI is InChI=1S/C17H21F3N4O2.HI/c1-11-12(2)26-15(24-11)9-23-16(21-3)22-8-13-4-6-14(7-5-13)25-10-17(18,19)20;/h4-7H,8-10H2,1-3H3,(H2,21,22,23);1H. The van der Waals surface area contributed by atoms with Gasteiger partial charge in [-0.1, -0.05) is 12.1 Å². The molecule has 1 aromatic carbocycles. The molecule has 10 heteroatoms. The molecule has 150 valence electrons. The summed E-state index contributed by atoms with van der Waals surface area (Å²) in [6.07, 6.45) is -4.35. The van der Waals surface area contributed by atoms with Gasteiger partial charge in [0.2, 0.25) is 5.89 Å². The van der Waals surface area contributed by atoms with E-state index in [2.05, 4.69) is 25.3 Å². The van der Waals surface area contributed by atoms with Crippen molar-refractivity contribution in [1.82, 2.24) is 15.6 Å². The number of hydrogen-bond donors (Lipinski definition) is 2. The molecule has 6 nitrogen and oxygen atoms in total. The first-order valence-corrected chi connectivity index (χ1v) is 7.93. The highest BCUT2D eigenvalue weighted by Gasteiger charge is 2.28. The average molecular weight is 498 g/mol. The zero-order valence-corrected chi connectivity index (χ0v) is 17.5. The maximum absolute atomic E-state index is 12.1. The summed E-state index contributed by atoms with van der Waals surface area (Å²) < 4.78 is 46.5. The molecule has 27 heavy (non-hydrogen) atoms. The molecule has 0 unspecified atom stereocenters. The van der Waals surface area contributed by atoms with Gasteiger partial charge in [0, 0.05) is 13.6 Å². The number of rotatable bonds is 6. The Balaban J connectivity index is 0.00000364. The normalized spacial score (nSPS) is 11.7. The zero-order chi connectivity index (χ0) is 19.2. The molecule has 0 amide bonds. The molecule has 0 saturated carbocycles. The van der Waals surface area contributed by atoms with Crippen LogP contribution < -0.4 is 15.4 Å². The second-order valence-electron chi connectivity index (χ2n) is 5.58. The van der Waals surface area contributed by atoms with Gasteiger partial charge in [-0.25, -0.2) is 4.98 Å². The van der Waals surface area contributed by atoms with Gasteiger partial charge in [-0.05, 0) is 31.5 Å². The minimum Gasteiger partial charge on any atom is -0.484 e. The zero-order valence-electron chi connectivity index (χ0n) is 15.2. The van der Waals surface area contributed by atoms with Crippen LogP contribution in [0.4, 0.5) is 13.2 Å². The van der Waals surface area contributed by atoms with Crippen LogP contribution in [-0.4, -0.2) is 30.8 Å². The Kier molecular flexibility index (Phi) is 8.86. The summed E-state index contributed by atoms with van der Waals surface area (Å²) in [6, 6.07) is 6.37. The number of nitrogens with zero attached hydrogens (tertiary/aromatic N) is 2. The molecule has 1 aromatic heterocycles. The number of ether oxygens (including phenoxy) is 1. The summed E-state index contributed by atoms with van der Waals surface area (Å²) in [6.45, 7) is 3.25. The minimum atomic E-state index is -4.35. The molecule has 0 atom stereocenters. The van der Waals surface area contributed by atoms with Gasteiger partial charge in [0.05, 0.1) is 12.2 Å². The third-order valence-corrected chi connectivity index (χ3v) is 3.49. The lowest BCUT2D eigenvalue weighted by Crippen LogP contribution is -2.36. The third kappa shape index (κ3) is 8.06. The first-order valence-electron chi connectivity index (χ1n) is 7.93. The number of alkyl halides is 3. The van der Waals surface area contributed by atoms with E-state index in [9.17, 15) is 13.2 Å². The Morgan fingerprint density at radius 2 is 1.78 bits per heavy atom. The highest BCUT2D eigenvalue weighted by atomic mass is 127. The van der Waals surface area contributed by atoms with Crippen molar-refractivity contribution in [2.24, 2.45) is 4.99 Å². The lowest BCUT2D eigenvalue weighted by molar-refractivity contribution is -0.153. The van der Waals surface area contributed by atoms with Crippen LogP contribution in [0, 0.1) is 13.8 Å². The van der Waals surface area contributed by atoms with Crippen LogP contribution >= 0.6 is 24.0 Å². The van der Waals surface area contributed by atoms with E-state index in [1.165, 1.54) is 12.1 Å². The SMILES string of the molecule is CN=C(NCc1ccc(OCC(F)(F)F)cc1)NCc1nc(C)c(C)o1.I. The van der Waals surface area contributed by atoms with E-state index < -0.39 is 12.8 Å². The van der Waals surface area contributed by atoms with E-state index in [4.69, 9.17) is 4.42 Å². The predicted molar refractivity (Wildman–Crippen MR) is 106 cm³/mol. The summed E-state index contributed by atoms with van der Waals surface area (Å²) in [4.78, 5) is 8.37. The molecule has 0 bridgehead atoms. The van der Waals surface area contributed by atoms with Crippen LogP contribution in [0.3, 0.4) is 0 Å². The number of aryl methyl sites for hydroxylation is 2. The molecule has 0 saturated heterocycles. The van der Waals surface area contributed by atoms with E-state index in [1.807, 2.05) is 13.8 Å². The Morgan fingerprint density at radius 1 is 1.15 bits per heavy atom. The fraction of sp³-hybridized carbons (Fsp3) is 0.412. The maximum atomic E-state index is 12.1. The molecule has 0 fully saturated rings. The molecule has 2 N–H and O–H groups in total. The van der Waals surface area contributed by atoms with Gasteiger partial charge in [-0.15, -0.1) is 24.0 Å². The number of hydrogen-bond acceptors (Lipinski definition) is 4. The van der Waals surface area contributed by atoms with E-state index in [1.54, 1.807) is 19.2 Å². The predicted octanol–water partition coefficient (Wildman–Crippen LogP) is 3.72. The molecule has 1 heterocycles. The van der Waals surface area contributed by atoms with Crippen LogP contribution in [0.15, 0.2) is 33.7 Å². The van der Waals surface area contributed by atoms with Crippen molar-refractivity contribution in [3.05, 3.63) is 47.2 Å². The monoisotopic (exact) mass is 498 g/mol. The van der Waals surface area contributed by atoms with Crippen molar-refractivity contribution >= 4 is 29.9 Å². The average Bonchev–Trinajstić information content (AvgIpc) is 2.91. The summed E-state index contributed by atoms with van der Waals surface area (Å²) in [7, 11) is 1.63. The number of aliphatic imine (C=N–C) groups is 1. The Hall–Kier alpha value is -1.98. The first-order chi connectivity index (χ1) is 12.3. The number of aromatic nitrogens is 1. The van der Waals surface area contributed by atoms with Gasteiger partial charge in [0.15, 0.2) is 12.6 Å². The van der Waals surface area contributed by atoms with Crippen LogP contribution in [-0.2, 0) is 13.1 Å². The molecule has 0 aliphatic carbocycles. The second kappa shape index (κ2) is 10.4. The quantitative estimate of drug-likeness (QED) is 0.361. The maximum Gasteiger partial charge on any atom is 0.422 e. The molecule has 0 aliphatic heterocycles. The van der Waals surface area contributed by atoms with E-state index >= 15 is 0 Å². The van der Waals surface area contributed by atoms with Crippen LogP contribution in [0.1, 0.15) is 22.9 Å². The molecular weight excluding hydrogens is 476 g/mol. The molecule has 0 radical (unpaired) electrons. The van der Waals surface area contributed by atoms with Gasteiger partial charge < -0.3 is 19.8 Å². The van der Waals surface area contributed by atoms with Crippen LogP contribution in [0.2, 0.25) is 0 Å². The van der Waals surface area contributed by atoms with Gasteiger partial charge in [0.1, 0.15) is 11.5 Å². The van der Waals surface area contributed by atoms with E-state index in [0.29, 0.717) is 24.9 Å². The van der Waals surface area contributed by atoms with Gasteiger partial charge >= 0.3 is 6.18 Å². The Bertz CT molecular complexity index is 726. The molecule has 2 aromatic rings. The van der Waals surface area contributed by atoms with Crippen molar-refractivity contribution in [3.63, 3.8) is 0 Å². The molecular formula is C17H22F3IN4O2. The summed E-state index contributed by atoms with van der Waals surface area (Å²) in [5, 5.41) is 6.18. The number of nitrogens with one attached hydrogen (secondary N) is 2. The largest absolute Gasteiger partial charge is 0.484 e.